The summed E-state index contributed by atoms with van der Waals surface area (Å²) in [6.07, 6.45) is 7.75. The Hall–Kier alpha value is -0.650. The number of hydrogen-bond acceptors (Lipinski definition) is 4. The smallest absolute Gasteiger partial charge is 0.303 e. The first-order chi connectivity index (χ1) is 8.29. The zero-order chi connectivity index (χ0) is 14.1. The summed E-state index contributed by atoms with van der Waals surface area (Å²) >= 11 is 0. The Bertz CT molecular complexity index is 138. The molecule has 0 bridgehead atoms. The molecule has 0 unspecified atom stereocenters. The quantitative estimate of drug-likeness (QED) is 0.596. The predicted octanol–water partition coefficient (Wildman–Crippen LogP) is 1.16. The van der Waals surface area contributed by atoms with Gasteiger partial charge in [0, 0.05) is 6.42 Å². The molecule has 5 nitrogen and oxygen atoms in total. The minimum Gasteiger partial charge on any atom is -0.481 e. The number of nitrogens with two attached hydrogens (primary N) is 3. The van der Waals surface area contributed by atoms with Crippen LogP contribution in [0.5, 0.6) is 0 Å². The summed E-state index contributed by atoms with van der Waals surface area (Å²) in [6, 6.07) is 0. The second-order valence-electron chi connectivity index (χ2n) is 3.44. The van der Waals surface area contributed by atoms with E-state index in [1.165, 1.54) is 46.8 Å². The molecule has 1 aliphatic rings. The molecule has 0 heterocycles. The number of carboxylic acid groups (broad SMARTS) is 1. The first-order valence-corrected chi connectivity index (χ1v) is 6.24. The highest BCUT2D eigenvalue weighted by atomic mass is 16.4. The van der Waals surface area contributed by atoms with E-state index in [2.05, 4.69) is 17.2 Å². The monoisotopic (exact) mass is 249 g/mol. The minimum absolute atomic E-state index is 0.358. The maximum absolute atomic E-state index is 10.2. The van der Waals surface area contributed by atoms with Crippen LogP contribution in [0.15, 0.2) is 0 Å². The Balaban J connectivity index is -0.000000285. The van der Waals surface area contributed by atoms with Crippen molar-refractivity contribution in [3.63, 3.8) is 0 Å². The molecule has 0 atom stereocenters. The van der Waals surface area contributed by atoms with Gasteiger partial charge in [0.25, 0.3) is 0 Å². The van der Waals surface area contributed by atoms with E-state index < -0.39 is 5.97 Å². The number of carboxylic acids is 1. The lowest BCUT2D eigenvalue weighted by molar-refractivity contribution is -0.137. The molecule has 5 heteroatoms. The fourth-order valence-electron chi connectivity index (χ4n) is 1.84. The van der Waals surface area contributed by atoms with Crippen LogP contribution in [-0.2, 0) is 4.79 Å². The lowest BCUT2D eigenvalue weighted by Gasteiger charge is -2.05. The van der Waals surface area contributed by atoms with Crippen molar-refractivity contribution in [2.75, 3.05) is 21.1 Å². The van der Waals surface area contributed by atoms with Crippen molar-refractivity contribution in [2.45, 2.75) is 44.9 Å². The zero-order valence-electron chi connectivity index (χ0n) is 11.6. The van der Waals surface area contributed by atoms with Crippen LogP contribution < -0.4 is 17.2 Å². The van der Waals surface area contributed by atoms with Crippen molar-refractivity contribution >= 4 is 5.97 Å². The van der Waals surface area contributed by atoms with Gasteiger partial charge >= 0.3 is 5.97 Å². The summed E-state index contributed by atoms with van der Waals surface area (Å²) in [6.45, 7) is 0. The normalized spacial score (nSPS) is 13.3. The van der Waals surface area contributed by atoms with Gasteiger partial charge in [-0.25, -0.2) is 0 Å². The summed E-state index contributed by atoms with van der Waals surface area (Å²) < 4.78 is 0. The number of hydrogen-bond donors (Lipinski definition) is 4. The van der Waals surface area contributed by atoms with E-state index in [0.717, 1.165) is 18.8 Å². The van der Waals surface area contributed by atoms with Gasteiger partial charge in [-0.3, -0.25) is 4.79 Å². The van der Waals surface area contributed by atoms with Gasteiger partial charge in [0.2, 0.25) is 0 Å². The van der Waals surface area contributed by atoms with E-state index in [4.69, 9.17) is 5.11 Å². The lowest BCUT2D eigenvalue weighted by Crippen LogP contribution is -1.98. The van der Waals surface area contributed by atoms with Gasteiger partial charge in [0.05, 0.1) is 0 Å². The fraction of sp³-hybridized carbons (Fsp3) is 0.917. The molecule has 0 aromatic rings. The predicted molar refractivity (Wildman–Crippen MR) is 73.8 cm³/mol. The maximum Gasteiger partial charge on any atom is 0.303 e. The van der Waals surface area contributed by atoms with Crippen molar-refractivity contribution in [1.29, 1.82) is 0 Å². The molecule has 0 aliphatic heterocycles. The summed E-state index contributed by atoms with van der Waals surface area (Å²) in [5.41, 5.74) is 13.5. The third kappa shape index (κ3) is 17.9. The highest BCUT2D eigenvalue weighted by Gasteiger charge is 2.14. The largest absolute Gasteiger partial charge is 0.481 e. The third-order valence-corrected chi connectivity index (χ3v) is 2.48. The molecule has 7 N–H and O–H groups in total. The second kappa shape index (κ2) is 20.7. The zero-order valence-corrected chi connectivity index (χ0v) is 11.6. The molecule has 1 rings (SSSR count). The third-order valence-electron chi connectivity index (χ3n) is 2.48. The first-order valence-electron chi connectivity index (χ1n) is 6.24. The van der Waals surface area contributed by atoms with Crippen LogP contribution in [0.4, 0.5) is 0 Å². The van der Waals surface area contributed by atoms with E-state index >= 15 is 0 Å². The van der Waals surface area contributed by atoms with Gasteiger partial charge in [-0.2, -0.15) is 0 Å². The first kappa shape index (κ1) is 21.6. The SMILES string of the molecule is CN.CN.CN.O=C(O)CCCC1CCCC1. The van der Waals surface area contributed by atoms with E-state index in [0.29, 0.717) is 6.42 Å². The van der Waals surface area contributed by atoms with Crippen LogP contribution in [0.2, 0.25) is 0 Å². The molecule has 0 aromatic carbocycles. The van der Waals surface area contributed by atoms with Gasteiger partial charge in [-0.1, -0.05) is 25.7 Å². The van der Waals surface area contributed by atoms with Crippen molar-refractivity contribution in [3.05, 3.63) is 0 Å². The van der Waals surface area contributed by atoms with Crippen LogP contribution in [0.1, 0.15) is 44.9 Å². The molecule has 17 heavy (non-hydrogen) atoms. The average Bonchev–Trinajstić information content (AvgIpc) is 2.89. The lowest BCUT2D eigenvalue weighted by atomic mass is 10.0. The Morgan fingerprint density at radius 1 is 1.06 bits per heavy atom. The summed E-state index contributed by atoms with van der Waals surface area (Å²) in [4.78, 5) is 10.2. The Labute approximate surface area is 106 Å². The Kier molecular flexibility index (Phi) is 26.4. The van der Waals surface area contributed by atoms with Crippen LogP contribution in [0.25, 0.3) is 0 Å². The molecule has 106 valence electrons. The Morgan fingerprint density at radius 2 is 1.47 bits per heavy atom. The van der Waals surface area contributed by atoms with E-state index in [-0.39, 0.29) is 0 Å². The topological polar surface area (TPSA) is 115 Å². The van der Waals surface area contributed by atoms with Crippen LogP contribution >= 0.6 is 0 Å². The second-order valence-corrected chi connectivity index (χ2v) is 3.44. The highest BCUT2D eigenvalue weighted by molar-refractivity contribution is 5.66. The van der Waals surface area contributed by atoms with Gasteiger partial charge in [-0.05, 0) is 39.9 Å². The van der Waals surface area contributed by atoms with Gasteiger partial charge in [0.1, 0.15) is 0 Å². The molecule has 0 saturated heterocycles. The molecule has 0 radical (unpaired) electrons. The summed E-state index contributed by atoms with van der Waals surface area (Å²) in [7, 11) is 4.50. The van der Waals surface area contributed by atoms with Gasteiger partial charge in [0.15, 0.2) is 0 Å². The van der Waals surface area contributed by atoms with Crippen LogP contribution in [0.3, 0.4) is 0 Å². The van der Waals surface area contributed by atoms with Crippen molar-refractivity contribution in [2.24, 2.45) is 23.1 Å². The molecule has 1 aliphatic carbocycles. The minimum atomic E-state index is -0.650. The molecular weight excluding hydrogens is 218 g/mol. The summed E-state index contributed by atoms with van der Waals surface area (Å²) in [5.74, 6) is 0.192. The van der Waals surface area contributed by atoms with Crippen LogP contribution in [-0.4, -0.2) is 32.2 Å². The average molecular weight is 249 g/mol. The maximum atomic E-state index is 10.2. The van der Waals surface area contributed by atoms with E-state index in [1.807, 2.05) is 0 Å². The van der Waals surface area contributed by atoms with Crippen molar-refractivity contribution in [3.8, 4) is 0 Å². The van der Waals surface area contributed by atoms with E-state index in [9.17, 15) is 4.79 Å². The van der Waals surface area contributed by atoms with Crippen LogP contribution in [0, 0.1) is 5.92 Å². The van der Waals surface area contributed by atoms with Crippen molar-refractivity contribution in [1.82, 2.24) is 0 Å². The van der Waals surface area contributed by atoms with Gasteiger partial charge < -0.3 is 22.3 Å². The molecule has 1 saturated carbocycles. The number of rotatable bonds is 4. The van der Waals surface area contributed by atoms with Gasteiger partial charge in [-0.15, -0.1) is 0 Å². The standard InChI is InChI=1S/C9H16O2.3CH5N/c10-9(11)7-3-6-8-4-1-2-5-8;3*1-2/h8H,1-7H2,(H,10,11);3*2H2,1H3. The number of carbonyl (C=O) groups is 1. The molecule has 0 spiro atoms. The molecule has 1 fully saturated rings. The van der Waals surface area contributed by atoms with E-state index in [1.54, 1.807) is 0 Å². The van der Waals surface area contributed by atoms with Crippen molar-refractivity contribution < 1.29 is 9.90 Å². The number of aliphatic carboxylic acids is 1. The molecule has 0 aromatic heterocycles. The molecular formula is C12H31N3O2. The fourth-order valence-corrected chi connectivity index (χ4v) is 1.84. The Morgan fingerprint density at radius 3 is 1.82 bits per heavy atom. The highest BCUT2D eigenvalue weighted by Crippen LogP contribution is 2.28. The summed E-state index contributed by atoms with van der Waals surface area (Å²) in [5, 5.41) is 8.39. The molecule has 0 amide bonds.